The molecule has 0 fully saturated rings. The second kappa shape index (κ2) is 9.25. The molecule has 0 saturated carbocycles. The van der Waals surface area contributed by atoms with E-state index in [0.29, 0.717) is 11.7 Å². The quantitative estimate of drug-likeness (QED) is 0.507. The molecule has 0 saturated heterocycles. The van der Waals surface area contributed by atoms with Crippen LogP contribution in [-0.2, 0) is 18.4 Å². The maximum Gasteiger partial charge on any atom is 0.234 e. The monoisotopic (exact) mass is 459 g/mol. The summed E-state index contributed by atoms with van der Waals surface area (Å²) in [5.41, 5.74) is 4.15. The number of rotatable bonds is 7. The molecule has 6 nitrogen and oxygen atoms in total. The standard InChI is InChI=1S/C20H22BrN5OS/c1-13-4-7-15(8-5-13)22-11-18-24-25-20(26(18)3)28-12-19(27)23-17-9-6-14(2)10-16(17)21/h4-10,22H,11-12H2,1-3H3,(H,23,27). The van der Waals surface area contributed by atoms with Crippen molar-refractivity contribution in [3.63, 3.8) is 0 Å². The Morgan fingerprint density at radius 3 is 2.54 bits per heavy atom. The number of amides is 1. The lowest BCUT2D eigenvalue weighted by atomic mass is 10.2. The SMILES string of the molecule is Cc1ccc(NCc2nnc(SCC(=O)Nc3ccc(C)cc3Br)n2C)cc1. The summed E-state index contributed by atoms with van der Waals surface area (Å²) in [7, 11) is 1.91. The van der Waals surface area contributed by atoms with Crippen LogP contribution in [-0.4, -0.2) is 26.4 Å². The maximum absolute atomic E-state index is 12.3. The molecule has 1 heterocycles. The number of aromatic nitrogens is 3. The van der Waals surface area contributed by atoms with Gasteiger partial charge >= 0.3 is 0 Å². The summed E-state index contributed by atoms with van der Waals surface area (Å²) in [6.07, 6.45) is 0. The lowest BCUT2D eigenvalue weighted by molar-refractivity contribution is -0.113. The zero-order chi connectivity index (χ0) is 20.1. The van der Waals surface area contributed by atoms with Crippen molar-refractivity contribution in [3.05, 3.63) is 63.9 Å². The average molecular weight is 460 g/mol. The van der Waals surface area contributed by atoms with Crippen LogP contribution in [0.25, 0.3) is 0 Å². The molecular formula is C20H22BrN5OS. The van der Waals surface area contributed by atoms with Gasteiger partial charge < -0.3 is 15.2 Å². The van der Waals surface area contributed by atoms with E-state index >= 15 is 0 Å². The molecule has 0 atom stereocenters. The fourth-order valence-corrected chi connectivity index (χ4v) is 3.84. The fraction of sp³-hybridized carbons (Fsp3) is 0.250. The summed E-state index contributed by atoms with van der Waals surface area (Å²) >= 11 is 4.83. The number of hydrogen-bond acceptors (Lipinski definition) is 5. The Hall–Kier alpha value is -2.32. The second-order valence-electron chi connectivity index (χ2n) is 6.50. The Kier molecular flexibility index (Phi) is 6.74. The van der Waals surface area contributed by atoms with Crippen LogP contribution in [0.15, 0.2) is 52.1 Å². The molecule has 1 aromatic heterocycles. The van der Waals surface area contributed by atoms with E-state index in [2.05, 4.69) is 55.8 Å². The number of nitrogens with zero attached hydrogens (tertiary/aromatic N) is 3. The molecule has 28 heavy (non-hydrogen) atoms. The van der Waals surface area contributed by atoms with Crippen molar-refractivity contribution in [2.75, 3.05) is 16.4 Å². The van der Waals surface area contributed by atoms with Gasteiger partial charge in [-0.2, -0.15) is 0 Å². The molecule has 0 unspecified atom stereocenters. The molecule has 0 radical (unpaired) electrons. The number of carbonyl (C=O) groups excluding carboxylic acids is 1. The topological polar surface area (TPSA) is 71.8 Å². The van der Waals surface area contributed by atoms with E-state index in [0.717, 1.165) is 27.2 Å². The first-order chi connectivity index (χ1) is 13.4. The first-order valence-corrected chi connectivity index (χ1v) is 10.6. The van der Waals surface area contributed by atoms with Crippen molar-refractivity contribution < 1.29 is 4.79 Å². The first-order valence-electron chi connectivity index (χ1n) is 8.80. The molecule has 3 aromatic rings. The van der Waals surface area contributed by atoms with Gasteiger partial charge in [-0.3, -0.25) is 4.79 Å². The van der Waals surface area contributed by atoms with Crippen LogP contribution >= 0.6 is 27.7 Å². The summed E-state index contributed by atoms with van der Waals surface area (Å²) in [6, 6.07) is 14.0. The lowest BCUT2D eigenvalue weighted by Crippen LogP contribution is -2.15. The molecule has 8 heteroatoms. The largest absolute Gasteiger partial charge is 0.378 e. The van der Waals surface area contributed by atoms with E-state index in [4.69, 9.17) is 0 Å². The van der Waals surface area contributed by atoms with Gasteiger partial charge in [-0.15, -0.1) is 10.2 Å². The highest BCUT2D eigenvalue weighted by Crippen LogP contribution is 2.24. The molecule has 1 amide bonds. The third-order valence-corrected chi connectivity index (χ3v) is 5.83. The normalized spacial score (nSPS) is 10.7. The van der Waals surface area contributed by atoms with Gasteiger partial charge in [0, 0.05) is 17.2 Å². The van der Waals surface area contributed by atoms with E-state index in [9.17, 15) is 4.79 Å². The molecule has 2 N–H and O–H groups in total. The highest BCUT2D eigenvalue weighted by Gasteiger charge is 2.12. The maximum atomic E-state index is 12.3. The van der Waals surface area contributed by atoms with E-state index in [-0.39, 0.29) is 11.7 Å². The smallest absolute Gasteiger partial charge is 0.234 e. The van der Waals surface area contributed by atoms with Crippen molar-refractivity contribution in [2.24, 2.45) is 7.05 Å². The van der Waals surface area contributed by atoms with E-state index in [1.54, 1.807) is 0 Å². The Bertz CT molecular complexity index is 971. The Morgan fingerprint density at radius 1 is 1.11 bits per heavy atom. The Morgan fingerprint density at radius 2 is 1.82 bits per heavy atom. The van der Waals surface area contributed by atoms with Crippen molar-refractivity contribution in [1.29, 1.82) is 0 Å². The predicted molar refractivity (Wildman–Crippen MR) is 118 cm³/mol. The minimum atomic E-state index is -0.0862. The van der Waals surface area contributed by atoms with E-state index in [1.165, 1.54) is 17.3 Å². The third kappa shape index (κ3) is 5.36. The number of anilines is 2. The van der Waals surface area contributed by atoms with Gasteiger partial charge in [0.1, 0.15) is 0 Å². The van der Waals surface area contributed by atoms with Gasteiger partial charge in [0.05, 0.1) is 18.0 Å². The van der Waals surface area contributed by atoms with Crippen LogP contribution in [0.2, 0.25) is 0 Å². The van der Waals surface area contributed by atoms with Gasteiger partial charge in [-0.05, 0) is 59.6 Å². The molecule has 146 valence electrons. The third-order valence-electron chi connectivity index (χ3n) is 4.16. The number of aryl methyl sites for hydroxylation is 2. The van der Waals surface area contributed by atoms with Crippen LogP contribution in [0.5, 0.6) is 0 Å². The Labute approximate surface area is 177 Å². The van der Waals surface area contributed by atoms with Gasteiger partial charge in [-0.1, -0.05) is 35.5 Å². The summed E-state index contributed by atoms with van der Waals surface area (Å²) in [4.78, 5) is 12.3. The van der Waals surface area contributed by atoms with Crippen molar-refractivity contribution in [3.8, 4) is 0 Å². The number of carbonyl (C=O) groups is 1. The van der Waals surface area contributed by atoms with Crippen LogP contribution < -0.4 is 10.6 Å². The lowest BCUT2D eigenvalue weighted by Gasteiger charge is -2.08. The number of halogens is 1. The highest BCUT2D eigenvalue weighted by atomic mass is 79.9. The second-order valence-corrected chi connectivity index (χ2v) is 8.29. The van der Waals surface area contributed by atoms with E-state index in [1.807, 2.05) is 48.9 Å². The van der Waals surface area contributed by atoms with Crippen LogP contribution in [0.4, 0.5) is 11.4 Å². The molecular weight excluding hydrogens is 438 g/mol. The summed E-state index contributed by atoms with van der Waals surface area (Å²) in [6.45, 7) is 4.63. The minimum Gasteiger partial charge on any atom is -0.378 e. The molecule has 2 aromatic carbocycles. The summed E-state index contributed by atoms with van der Waals surface area (Å²) in [5, 5.41) is 15.4. The summed E-state index contributed by atoms with van der Waals surface area (Å²) < 4.78 is 2.77. The highest BCUT2D eigenvalue weighted by molar-refractivity contribution is 9.10. The molecule has 0 bridgehead atoms. The van der Waals surface area contributed by atoms with E-state index < -0.39 is 0 Å². The number of nitrogens with one attached hydrogen (secondary N) is 2. The van der Waals surface area contributed by atoms with Crippen molar-refractivity contribution in [2.45, 2.75) is 25.5 Å². The molecule has 0 aliphatic rings. The van der Waals surface area contributed by atoms with Crippen LogP contribution in [0.1, 0.15) is 17.0 Å². The van der Waals surface area contributed by atoms with Gasteiger partial charge in [0.2, 0.25) is 5.91 Å². The first kappa shape index (κ1) is 20.4. The average Bonchev–Trinajstić information content (AvgIpc) is 3.02. The van der Waals surface area contributed by atoms with Crippen molar-refractivity contribution >= 4 is 45.0 Å². The predicted octanol–water partition coefficient (Wildman–Crippen LogP) is 4.54. The summed E-state index contributed by atoms with van der Waals surface area (Å²) in [5.74, 6) is 0.985. The van der Waals surface area contributed by atoms with Gasteiger partial charge in [-0.25, -0.2) is 0 Å². The molecule has 0 aliphatic carbocycles. The minimum absolute atomic E-state index is 0.0862. The molecule has 3 rings (SSSR count). The molecule has 0 aliphatic heterocycles. The van der Waals surface area contributed by atoms with Crippen LogP contribution in [0.3, 0.4) is 0 Å². The van der Waals surface area contributed by atoms with Crippen molar-refractivity contribution in [1.82, 2.24) is 14.8 Å². The zero-order valence-corrected chi connectivity index (χ0v) is 18.4. The molecule has 0 spiro atoms. The van der Waals surface area contributed by atoms with Gasteiger partial charge in [0.25, 0.3) is 0 Å². The zero-order valence-electron chi connectivity index (χ0n) is 16.0. The number of benzene rings is 2. The fourth-order valence-electron chi connectivity index (χ4n) is 2.52. The van der Waals surface area contributed by atoms with Crippen LogP contribution in [0, 0.1) is 13.8 Å². The number of thioether (sulfide) groups is 1. The number of hydrogen-bond donors (Lipinski definition) is 2. The Balaban J connectivity index is 1.53. The van der Waals surface area contributed by atoms with Gasteiger partial charge in [0.15, 0.2) is 11.0 Å².